The van der Waals surface area contributed by atoms with Crippen LogP contribution in [0.2, 0.25) is 0 Å². The summed E-state index contributed by atoms with van der Waals surface area (Å²) in [5.74, 6) is -48.3. The number of ether oxygens (including phenoxy) is 4. The molecule has 0 aliphatic carbocycles. The number of fused-ring (bicyclic) bond motifs is 4. The second-order valence-corrected chi connectivity index (χ2v) is 13.0. The van der Waals surface area contributed by atoms with Crippen molar-refractivity contribution in [1.29, 1.82) is 0 Å². The van der Waals surface area contributed by atoms with Gasteiger partial charge in [0, 0.05) is 11.1 Å². The maximum atomic E-state index is 15.3. The fourth-order valence-electron chi connectivity index (χ4n) is 6.19. The van der Waals surface area contributed by atoms with E-state index in [1.807, 2.05) is 0 Å². The molecule has 0 fully saturated rings. The van der Waals surface area contributed by atoms with Gasteiger partial charge in [-0.05, 0) is 46.5 Å². The number of benzene rings is 6. The van der Waals surface area contributed by atoms with Crippen LogP contribution in [0.4, 0.5) is 70.2 Å². The molecule has 0 aromatic heterocycles. The van der Waals surface area contributed by atoms with E-state index in [-0.39, 0.29) is 58.0 Å². The van der Waals surface area contributed by atoms with Gasteiger partial charge in [-0.25, -0.2) is 17.6 Å². The summed E-state index contributed by atoms with van der Waals surface area (Å²) in [6.07, 6.45) is 0. The van der Waals surface area contributed by atoms with Gasteiger partial charge in [-0.3, -0.25) is 0 Å². The van der Waals surface area contributed by atoms with E-state index < -0.39 is 116 Å². The highest BCUT2D eigenvalue weighted by atomic mass is 19.4. The molecule has 0 unspecified atom stereocenters. The van der Waals surface area contributed by atoms with Crippen LogP contribution in [-0.4, -0.2) is 11.8 Å². The first-order chi connectivity index (χ1) is 28.1. The van der Waals surface area contributed by atoms with Gasteiger partial charge in [0.2, 0.25) is 69.5 Å². The molecule has 0 spiro atoms. The predicted octanol–water partition coefficient (Wildman–Crippen LogP) is 14.1. The van der Waals surface area contributed by atoms with Gasteiger partial charge < -0.3 is 18.9 Å². The molecule has 6 aromatic rings. The van der Waals surface area contributed by atoms with Crippen LogP contribution in [0.5, 0.6) is 46.0 Å². The summed E-state index contributed by atoms with van der Waals surface area (Å²) in [7, 11) is 0. The monoisotopic (exact) mass is 862 g/mol. The number of halogens is 16. The Morgan fingerprint density at radius 2 is 0.533 bits per heavy atom. The largest absolute Gasteiger partial charge is 0.446 e. The van der Waals surface area contributed by atoms with Gasteiger partial charge in [-0.2, -0.15) is 52.7 Å². The minimum atomic E-state index is -6.77. The van der Waals surface area contributed by atoms with Crippen LogP contribution in [-0.2, 0) is 11.8 Å². The third kappa shape index (κ3) is 5.77. The summed E-state index contributed by atoms with van der Waals surface area (Å²) in [5, 5.41) is 0. The molecule has 8 rings (SSSR count). The zero-order valence-corrected chi connectivity index (χ0v) is 28.8. The summed E-state index contributed by atoms with van der Waals surface area (Å²) >= 11 is 0. The van der Waals surface area contributed by atoms with Crippen molar-refractivity contribution in [3.8, 4) is 68.2 Å². The first kappa shape index (κ1) is 40.2. The summed E-state index contributed by atoms with van der Waals surface area (Å²) in [6.45, 7) is 0. The van der Waals surface area contributed by atoms with E-state index >= 15 is 35.1 Å². The van der Waals surface area contributed by atoms with E-state index in [4.69, 9.17) is 18.9 Å². The van der Waals surface area contributed by atoms with Crippen molar-refractivity contribution in [3.63, 3.8) is 0 Å². The third-order valence-electron chi connectivity index (χ3n) is 9.45. The zero-order valence-electron chi connectivity index (χ0n) is 28.8. The van der Waals surface area contributed by atoms with E-state index in [9.17, 15) is 35.1 Å². The Kier molecular flexibility index (Phi) is 9.02. The van der Waals surface area contributed by atoms with E-state index in [2.05, 4.69) is 0 Å². The molecule has 0 N–H and O–H groups in total. The Hall–Kier alpha value is -6.60. The molecular formula is C40H14F16O4. The average Bonchev–Trinajstić information content (AvgIpc) is 3.24. The van der Waals surface area contributed by atoms with Gasteiger partial charge in [0.05, 0.1) is 0 Å². The first-order valence-corrected chi connectivity index (χ1v) is 16.5. The molecule has 0 atom stereocenters. The van der Waals surface area contributed by atoms with Gasteiger partial charge >= 0.3 is 23.7 Å². The molecular weight excluding hydrogens is 848 g/mol. The van der Waals surface area contributed by atoms with E-state index in [0.717, 1.165) is 36.4 Å². The Labute approximate surface area is 323 Å². The molecule has 0 saturated heterocycles. The van der Waals surface area contributed by atoms with Gasteiger partial charge in [0.1, 0.15) is 0 Å². The molecule has 2 aliphatic heterocycles. The van der Waals surface area contributed by atoms with Crippen molar-refractivity contribution in [1.82, 2.24) is 0 Å². The van der Waals surface area contributed by atoms with E-state index in [1.54, 1.807) is 0 Å². The highest BCUT2D eigenvalue weighted by Crippen LogP contribution is 2.60. The SMILES string of the molecule is Fc1c(F)c(F)c2c(c1F)Oc1ccc(-c3ccc(C(F)(F)C(F)(F)C(F)(F)C(F)(F)c4ccc(-c5ccc6c(c5)Oc5c(F)c(F)c(F)c(F)c5O6)cc4)cc3)cc1O2. The predicted molar refractivity (Wildman–Crippen MR) is 174 cm³/mol. The Morgan fingerprint density at radius 1 is 0.283 bits per heavy atom. The minimum absolute atomic E-state index is 0.0378. The highest BCUT2D eigenvalue weighted by Gasteiger charge is 2.81. The maximum absolute atomic E-state index is 15.3. The Bertz CT molecular complexity index is 2570. The normalized spacial score (nSPS) is 13.5. The fraction of sp³-hybridized carbons (Fsp3) is 0.100. The fourth-order valence-corrected chi connectivity index (χ4v) is 6.19. The molecule has 60 heavy (non-hydrogen) atoms. The number of hydrogen-bond acceptors (Lipinski definition) is 4. The van der Waals surface area contributed by atoms with Gasteiger partial charge in [-0.15, -0.1) is 0 Å². The van der Waals surface area contributed by atoms with Crippen LogP contribution in [0.15, 0.2) is 84.9 Å². The van der Waals surface area contributed by atoms with Crippen molar-refractivity contribution >= 4 is 0 Å². The standard InChI is InChI=1S/C40H14F16O4/c41-25-27(43)31(47)35-33(29(25)45)57-21-11-5-17(13-23(21)59-35)15-1-7-19(8-2-15)37(49,50)39(53,54)40(55,56)38(51,52)20-9-3-16(4-10-20)18-6-12-22-24(14-18)60-36-32(48)28(44)26(42)30(46)34(36)58-22/h1-14H. The van der Waals surface area contributed by atoms with Gasteiger partial charge in [0.25, 0.3) is 0 Å². The second-order valence-electron chi connectivity index (χ2n) is 13.0. The number of alkyl halides is 8. The summed E-state index contributed by atoms with van der Waals surface area (Å²) in [5.41, 5.74) is -4.00. The van der Waals surface area contributed by atoms with Crippen molar-refractivity contribution < 1.29 is 89.2 Å². The van der Waals surface area contributed by atoms with Crippen molar-refractivity contribution in [2.24, 2.45) is 0 Å². The van der Waals surface area contributed by atoms with Gasteiger partial charge in [-0.1, -0.05) is 60.7 Å². The smallest absolute Gasteiger partial charge is 0.382 e. The van der Waals surface area contributed by atoms with E-state index in [1.165, 1.54) is 0 Å². The first-order valence-electron chi connectivity index (χ1n) is 16.5. The quantitative estimate of drug-likeness (QED) is 0.0909. The van der Waals surface area contributed by atoms with Crippen LogP contribution in [0.1, 0.15) is 11.1 Å². The minimum Gasteiger partial charge on any atom is -0.446 e. The zero-order chi connectivity index (χ0) is 43.4. The molecule has 6 aromatic carbocycles. The average molecular weight is 863 g/mol. The summed E-state index contributed by atoms with van der Waals surface area (Å²) < 4.78 is 254. The Morgan fingerprint density at radius 3 is 0.817 bits per heavy atom. The lowest BCUT2D eigenvalue weighted by Crippen LogP contribution is -2.59. The molecule has 0 radical (unpaired) electrons. The van der Waals surface area contributed by atoms with Crippen molar-refractivity contribution in [3.05, 3.63) is 143 Å². The molecule has 0 saturated carbocycles. The second kappa shape index (κ2) is 13.5. The number of rotatable bonds is 7. The lowest BCUT2D eigenvalue weighted by Gasteiger charge is -2.37. The molecule has 20 heteroatoms. The summed E-state index contributed by atoms with van der Waals surface area (Å²) in [6, 6.07) is 10.1. The molecule has 0 amide bonds. The number of hydrogen-bond donors (Lipinski definition) is 0. The molecule has 4 nitrogen and oxygen atoms in total. The maximum Gasteiger partial charge on any atom is 0.382 e. The molecule has 2 aliphatic rings. The van der Waals surface area contributed by atoms with Crippen LogP contribution in [0.3, 0.4) is 0 Å². The van der Waals surface area contributed by atoms with Crippen LogP contribution in [0.25, 0.3) is 22.3 Å². The lowest BCUT2D eigenvalue weighted by atomic mass is 9.89. The lowest BCUT2D eigenvalue weighted by molar-refractivity contribution is -0.374. The molecule has 0 bridgehead atoms. The van der Waals surface area contributed by atoms with E-state index in [0.29, 0.717) is 24.3 Å². The third-order valence-corrected chi connectivity index (χ3v) is 9.45. The Balaban J connectivity index is 1.01. The van der Waals surface area contributed by atoms with Crippen LogP contribution in [0, 0.1) is 46.5 Å². The van der Waals surface area contributed by atoms with Crippen molar-refractivity contribution in [2.75, 3.05) is 0 Å². The topological polar surface area (TPSA) is 36.9 Å². The van der Waals surface area contributed by atoms with Gasteiger partial charge in [0.15, 0.2) is 23.0 Å². The van der Waals surface area contributed by atoms with Crippen LogP contribution < -0.4 is 18.9 Å². The van der Waals surface area contributed by atoms with Crippen LogP contribution >= 0.6 is 0 Å². The molecule has 2 heterocycles. The van der Waals surface area contributed by atoms with Crippen molar-refractivity contribution in [2.45, 2.75) is 23.7 Å². The summed E-state index contributed by atoms with van der Waals surface area (Å²) in [4.78, 5) is 0. The highest BCUT2D eigenvalue weighted by molar-refractivity contribution is 5.71. The molecule has 310 valence electrons.